The average molecular weight is 319 g/mol. The first-order chi connectivity index (χ1) is 9.77. The molecule has 0 aromatic carbocycles. The lowest BCUT2D eigenvalue weighted by molar-refractivity contribution is -0.139. The third-order valence-electron chi connectivity index (χ3n) is 2.64. The molecule has 8 heteroatoms. The second-order valence-corrected chi connectivity index (χ2v) is 6.14. The monoisotopic (exact) mass is 319 g/mol. The highest BCUT2D eigenvalue weighted by Crippen LogP contribution is 2.01. The van der Waals surface area contributed by atoms with Crippen LogP contribution in [0.1, 0.15) is 27.2 Å². The Bertz CT molecular complexity index is 363. The Morgan fingerprint density at radius 2 is 1.76 bits per heavy atom. The summed E-state index contributed by atoms with van der Waals surface area (Å²) >= 11 is 1.50. The summed E-state index contributed by atoms with van der Waals surface area (Å²) in [6, 6.07) is -2.34. The van der Waals surface area contributed by atoms with Gasteiger partial charge in [0, 0.05) is 6.54 Å². The fourth-order valence-electron chi connectivity index (χ4n) is 1.41. The van der Waals surface area contributed by atoms with E-state index in [0.717, 1.165) is 0 Å². The Morgan fingerprint density at radius 3 is 2.24 bits per heavy atom. The lowest BCUT2D eigenvalue weighted by atomic mass is 10.2. The highest BCUT2D eigenvalue weighted by atomic mass is 32.2. The molecule has 0 saturated heterocycles. The second kappa shape index (κ2) is 10.3. The molecular weight excluding hydrogens is 294 g/mol. The van der Waals surface area contributed by atoms with Crippen molar-refractivity contribution < 1.29 is 19.5 Å². The van der Waals surface area contributed by atoms with Crippen LogP contribution >= 0.6 is 11.8 Å². The maximum absolute atomic E-state index is 11.7. The summed E-state index contributed by atoms with van der Waals surface area (Å²) in [5, 5.41) is 16.5. The van der Waals surface area contributed by atoms with Crippen molar-refractivity contribution in [1.82, 2.24) is 16.0 Å². The van der Waals surface area contributed by atoms with Gasteiger partial charge in [0.2, 0.25) is 5.91 Å². The molecule has 1 unspecified atom stereocenters. The van der Waals surface area contributed by atoms with Crippen molar-refractivity contribution in [2.24, 2.45) is 5.92 Å². The molecule has 2 atom stereocenters. The van der Waals surface area contributed by atoms with Crippen LogP contribution in [-0.4, -0.2) is 53.7 Å². The molecule has 0 aliphatic carbocycles. The van der Waals surface area contributed by atoms with E-state index in [2.05, 4.69) is 16.0 Å². The van der Waals surface area contributed by atoms with E-state index in [1.807, 2.05) is 20.1 Å². The van der Waals surface area contributed by atoms with E-state index in [0.29, 0.717) is 24.6 Å². The summed E-state index contributed by atoms with van der Waals surface area (Å²) in [4.78, 5) is 34.4. The number of hydrogen-bond donors (Lipinski definition) is 4. The van der Waals surface area contributed by atoms with E-state index in [1.165, 1.54) is 11.8 Å². The molecule has 0 bridgehead atoms. The Morgan fingerprint density at radius 1 is 1.14 bits per heavy atom. The topological polar surface area (TPSA) is 108 Å². The number of carboxylic acid groups (broad SMARTS) is 1. The van der Waals surface area contributed by atoms with Crippen molar-refractivity contribution in [3.05, 3.63) is 0 Å². The minimum Gasteiger partial charge on any atom is -0.480 e. The normalized spacial score (nSPS) is 13.4. The molecule has 21 heavy (non-hydrogen) atoms. The van der Waals surface area contributed by atoms with Crippen molar-refractivity contribution in [2.75, 3.05) is 18.6 Å². The van der Waals surface area contributed by atoms with Crippen molar-refractivity contribution in [2.45, 2.75) is 39.3 Å². The summed E-state index contributed by atoms with van der Waals surface area (Å²) in [5.41, 5.74) is 0. The zero-order valence-electron chi connectivity index (χ0n) is 12.9. The van der Waals surface area contributed by atoms with Crippen LogP contribution < -0.4 is 16.0 Å². The Hall–Kier alpha value is -1.44. The number of urea groups is 1. The van der Waals surface area contributed by atoms with Crippen LogP contribution in [-0.2, 0) is 9.59 Å². The molecule has 0 radical (unpaired) electrons. The van der Waals surface area contributed by atoms with Crippen molar-refractivity contribution in [1.29, 1.82) is 0 Å². The molecule has 0 rings (SSSR count). The lowest BCUT2D eigenvalue weighted by Gasteiger charge is -2.18. The highest BCUT2D eigenvalue weighted by molar-refractivity contribution is 7.98. The maximum Gasteiger partial charge on any atom is 0.326 e. The maximum atomic E-state index is 11.7. The number of thioether (sulfide) groups is 1. The fourth-order valence-corrected chi connectivity index (χ4v) is 1.88. The molecule has 0 aliphatic heterocycles. The van der Waals surface area contributed by atoms with Crippen LogP contribution in [0.3, 0.4) is 0 Å². The summed E-state index contributed by atoms with van der Waals surface area (Å²) in [7, 11) is 0. The van der Waals surface area contributed by atoms with Crippen LogP contribution in [0.25, 0.3) is 0 Å². The number of aliphatic carboxylic acids is 1. The zero-order valence-corrected chi connectivity index (χ0v) is 13.8. The first kappa shape index (κ1) is 19.6. The third kappa shape index (κ3) is 9.17. The Kier molecular flexibility index (Phi) is 9.60. The molecule has 0 aromatic heterocycles. The lowest BCUT2D eigenvalue weighted by Crippen LogP contribution is -2.52. The van der Waals surface area contributed by atoms with E-state index in [-0.39, 0.29) is 5.91 Å². The van der Waals surface area contributed by atoms with E-state index < -0.39 is 24.1 Å². The largest absolute Gasteiger partial charge is 0.480 e. The van der Waals surface area contributed by atoms with Crippen molar-refractivity contribution in [3.63, 3.8) is 0 Å². The summed E-state index contributed by atoms with van der Waals surface area (Å²) in [5.74, 6) is -0.439. The van der Waals surface area contributed by atoms with E-state index in [9.17, 15) is 14.4 Å². The van der Waals surface area contributed by atoms with Gasteiger partial charge in [-0.3, -0.25) is 4.79 Å². The van der Waals surface area contributed by atoms with Gasteiger partial charge in [0.1, 0.15) is 12.1 Å². The van der Waals surface area contributed by atoms with Gasteiger partial charge in [-0.05, 0) is 31.3 Å². The molecule has 4 N–H and O–H groups in total. The molecule has 0 heterocycles. The number of carbonyl (C=O) groups excluding carboxylic acids is 2. The fraction of sp³-hybridized carbons (Fsp3) is 0.769. The van der Waals surface area contributed by atoms with Crippen molar-refractivity contribution in [3.8, 4) is 0 Å². The molecule has 0 spiro atoms. The second-order valence-electron chi connectivity index (χ2n) is 5.15. The van der Waals surface area contributed by atoms with E-state index in [4.69, 9.17) is 5.11 Å². The summed E-state index contributed by atoms with van der Waals surface area (Å²) in [6.45, 7) is 6.01. The quantitative estimate of drug-likeness (QED) is 0.499. The van der Waals surface area contributed by atoms with Gasteiger partial charge in [0.05, 0.1) is 0 Å². The van der Waals surface area contributed by atoms with Gasteiger partial charge in [-0.2, -0.15) is 11.8 Å². The minimum atomic E-state index is -1.09. The van der Waals surface area contributed by atoms with Gasteiger partial charge in [-0.15, -0.1) is 0 Å². The molecule has 7 nitrogen and oxygen atoms in total. The van der Waals surface area contributed by atoms with Gasteiger partial charge < -0.3 is 21.1 Å². The molecule has 0 saturated carbocycles. The van der Waals surface area contributed by atoms with Gasteiger partial charge in [0.25, 0.3) is 0 Å². The van der Waals surface area contributed by atoms with Gasteiger partial charge >= 0.3 is 12.0 Å². The number of amides is 3. The number of nitrogens with one attached hydrogen (secondary N) is 3. The molecule has 3 amide bonds. The zero-order chi connectivity index (χ0) is 16.4. The Labute approximate surface area is 129 Å². The highest BCUT2D eigenvalue weighted by Gasteiger charge is 2.21. The van der Waals surface area contributed by atoms with Gasteiger partial charge in [0.15, 0.2) is 0 Å². The molecule has 0 aliphatic rings. The number of carbonyl (C=O) groups is 3. The van der Waals surface area contributed by atoms with Gasteiger partial charge in [-0.1, -0.05) is 13.8 Å². The first-order valence-electron chi connectivity index (χ1n) is 6.84. The van der Waals surface area contributed by atoms with Crippen LogP contribution in [0, 0.1) is 5.92 Å². The molecular formula is C13H25N3O4S. The summed E-state index contributed by atoms with van der Waals surface area (Å²) < 4.78 is 0. The number of carboxylic acids is 1. The summed E-state index contributed by atoms with van der Waals surface area (Å²) in [6.07, 6.45) is 2.19. The van der Waals surface area contributed by atoms with Crippen LogP contribution in [0.15, 0.2) is 0 Å². The van der Waals surface area contributed by atoms with Crippen LogP contribution in [0.5, 0.6) is 0 Å². The Balaban J connectivity index is 4.26. The average Bonchev–Trinajstić information content (AvgIpc) is 2.40. The van der Waals surface area contributed by atoms with Crippen LogP contribution in [0.2, 0.25) is 0 Å². The molecule has 122 valence electrons. The molecule has 0 fully saturated rings. The first-order valence-corrected chi connectivity index (χ1v) is 8.23. The predicted molar refractivity (Wildman–Crippen MR) is 83.4 cm³/mol. The van der Waals surface area contributed by atoms with E-state index in [1.54, 1.807) is 6.92 Å². The van der Waals surface area contributed by atoms with E-state index >= 15 is 0 Å². The van der Waals surface area contributed by atoms with Gasteiger partial charge in [-0.25, -0.2) is 9.59 Å². The van der Waals surface area contributed by atoms with Crippen molar-refractivity contribution >= 4 is 29.7 Å². The van der Waals surface area contributed by atoms with Crippen LogP contribution in [0.4, 0.5) is 4.79 Å². The minimum absolute atomic E-state index is 0.296. The smallest absolute Gasteiger partial charge is 0.326 e. The molecule has 0 aromatic rings. The third-order valence-corrected chi connectivity index (χ3v) is 3.28. The predicted octanol–water partition coefficient (Wildman–Crippen LogP) is 0.653. The SMILES string of the molecule is CSCC[C@H](NC(=O)NC(C)C(=O)NCC(C)C)C(=O)O. The standard InChI is InChI=1S/C13H25N3O4S/c1-8(2)7-14-11(17)9(3)15-13(20)16-10(12(18)19)5-6-21-4/h8-10H,5-7H2,1-4H3,(H,14,17)(H,18,19)(H2,15,16,20)/t9?,10-/m0/s1. The number of hydrogen-bond acceptors (Lipinski definition) is 4. The number of rotatable bonds is 9.